The quantitative estimate of drug-likeness (QED) is 0.752. The van der Waals surface area contributed by atoms with Gasteiger partial charge in [0.25, 0.3) is 5.91 Å². The van der Waals surface area contributed by atoms with Crippen LogP contribution in [0.2, 0.25) is 0 Å². The van der Waals surface area contributed by atoms with Gasteiger partial charge in [0, 0.05) is 30.8 Å². The van der Waals surface area contributed by atoms with Gasteiger partial charge in [0.2, 0.25) is 0 Å². The molecule has 4 rings (SSSR count). The number of aromatic amines is 1. The number of ketones is 1. The largest absolute Gasteiger partial charge is 0.494 e. The fraction of sp³-hybridized carbons (Fsp3) is 0.520. The molecule has 1 saturated heterocycles. The van der Waals surface area contributed by atoms with E-state index >= 15 is 0 Å². The van der Waals surface area contributed by atoms with Gasteiger partial charge in [0.1, 0.15) is 11.4 Å². The smallest absolute Gasteiger partial charge is 0.270 e. The zero-order valence-electron chi connectivity index (χ0n) is 18.1. The lowest BCUT2D eigenvalue weighted by atomic mass is 9.90. The molecule has 0 bridgehead atoms. The normalized spacial score (nSPS) is 17.1. The van der Waals surface area contributed by atoms with E-state index in [2.05, 4.69) is 17.1 Å². The van der Waals surface area contributed by atoms with Crippen LogP contribution in [0.4, 0.5) is 0 Å². The number of piperidine rings is 1. The molecule has 1 aromatic carbocycles. The van der Waals surface area contributed by atoms with E-state index in [9.17, 15) is 9.59 Å². The summed E-state index contributed by atoms with van der Waals surface area (Å²) in [6, 6.07) is 8.40. The Hall–Kier alpha value is -2.56. The number of likely N-dealkylation sites (tertiary alicyclic amines) is 1. The summed E-state index contributed by atoms with van der Waals surface area (Å²) in [5.74, 6) is 1.81. The Kier molecular flexibility index (Phi) is 6.26. The Morgan fingerprint density at radius 1 is 1.17 bits per heavy atom. The highest BCUT2D eigenvalue weighted by atomic mass is 16.5. The number of hydrogen-bond donors (Lipinski definition) is 1. The van der Waals surface area contributed by atoms with E-state index in [0.29, 0.717) is 24.6 Å². The SMILES string of the molecule is CCOc1ccc(CCC2CCN(C(=O)c3[nH]c4c(c3C)C(=O)CCC4)CC2)cc1. The first kappa shape index (κ1) is 20.7. The fourth-order valence-corrected chi connectivity index (χ4v) is 4.86. The van der Waals surface area contributed by atoms with Crippen LogP contribution in [0.1, 0.15) is 76.7 Å². The predicted octanol–water partition coefficient (Wildman–Crippen LogP) is 4.73. The Morgan fingerprint density at radius 2 is 1.90 bits per heavy atom. The molecule has 1 N–H and O–H groups in total. The topological polar surface area (TPSA) is 62.4 Å². The average Bonchev–Trinajstić information content (AvgIpc) is 3.11. The predicted molar refractivity (Wildman–Crippen MR) is 117 cm³/mol. The van der Waals surface area contributed by atoms with Gasteiger partial charge < -0.3 is 14.6 Å². The van der Waals surface area contributed by atoms with Gasteiger partial charge in [-0.1, -0.05) is 12.1 Å². The third kappa shape index (κ3) is 4.30. The molecule has 1 aliphatic heterocycles. The number of Topliss-reactive ketones (excluding diaryl/α,β-unsaturated/α-hetero) is 1. The van der Waals surface area contributed by atoms with E-state index in [0.717, 1.165) is 74.2 Å². The molecule has 1 amide bonds. The van der Waals surface area contributed by atoms with Crippen molar-refractivity contribution in [3.05, 3.63) is 52.3 Å². The molecule has 5 heteroatoms. The molecule has 30 heavy (non-hydrogen) atoms. The van der Waals surface area contributed by atoms with Crippen molar-refractivity contribution in [2.24, 2.45) is 5.92 Å². The fourth-order valence-electron chi connectivity index (χ4n) is 4.86. The molecule has 0 spiro atoms. The third-order valence-corrected chi connectivity index (χ3v) is 6.63. The van der Waals surface area contributed by atoms with E-state index < -0.39 is 0 Å². The van der Waals surface area contributed by atoms with E-state index in [1.54, 1.807) is 0 Å². The number of aryl methyl sites for hydroxylation is 2. The number of rotatable bonds is 6. The van der Waals surface area contributed by atoms with Crippen molar-refractivity contribution < 1.29 is 14.3 Å². The number of amides is 1. The van der Waals surface area contributed by atoms with Crippen molar-refractivity contribution in [3.8, 4) is 5.75 Å². The minimum atomic E-state index is 0.0552. The van der Waals surface area contributed by atoms with Crippen molar-refractivity contribution in [3.63, 3.8) is 0 Å². The van der Waals surface area contributed by atoms with Crippen LogP contribution in [0, 0.1) is 12.8 Å². The maximum absolute atomic E-state index is 13.1. The number of fused-ring (bicyclic) bond motifs is 1. The lowest BCUT2D eigenvalue weighted by molar-refractivity contribution is 0.0680. The first-order chi connectivity index (χ1) is 14.6. The second-order valence-electron chi connectivity index (χ2n) is 8.61. The molecular formula is C25H32N2O3. The molecule has 2 aromatic rings. The minimum Gasteiger partial charge on any atom is -0.494 e. The van der Waals surface area contributed by atoms with Gasteiger partial charge in [-0.15, -0.1) is 0 Å². The molecule has 0 atom stereocenters. The molecular weight excluding hydrogens is 376 g/mol. The lowest BCUT2D eigenvalue weighted by Crippen LogP contribution is -2.39. The highest BCUT2D eigenvalue weighted by Gasteiger charge is 2.30. The Balaban J connectivity index is 1.30. The van der Waals surface area contributed by atoms with Crippen LogP contribution < -0.4 is 4.74 Å². The van der Waals surface area contributed by atoms with E-state index in [1.165, 1.54) is 5.56 Å². The van der Waals surface area contributed by atoms with E-state index in [1.807, 2.05) is 30.9 Å². The highest BCUT2D eigenvalue weighted by Crippen LogP contribution is 2.29. The molecule has 160 valence electrons. The van der Waals surface area contributed by atoms with Crippen LogP contribution in [0.5, 0.6) is 5.75 Å². The summed E-state index contributed by atoms with van der Waals surface area (Å²) in [5.41, 5.74) is 4.54. The summed E-state index contributed by atoms with van der Waals surface area (Å²) in [6.45, 7) is 6.19. The van der Waals surface area contributed by atoms with E-state index in [4.69, 9.17) is 4.74 Å². The first-order valence-corrected chi connectivity index (χ1v) is 11.3. The summed E-state index contributed by atoms with van der Waals surface area (Å²) in [6.07, 6.45) is 6.64. The van der Waals surface area contributed by atoms with Gasteiger partial charge in [-0.3, -0.25) is 9.59 Å². The number of nitrogens with one attached hydrogen (secondary N) is 1. The van der Waals surface area contributed by atoms with Crippen molar-refractivity contribution in [2.45, 2.75) is 58.8 Å². The van der Waals surface area contributed by atoms with Gasteiger partial charge in [0.15, 0.2) is 5.78 Å². The number of H-pyrrole nitrogens is 1. The summed E-state index contributed by atoms with van der Waals surface area (Å²) in [4.78, 5) is 30.6. The van der Waals surface area contributed by atoms with Gasteiger partial charge in [0.05, 0.1) is 6.61 Å². The Bertz CT molecular complexity index is 905. The van der Waals surface area contributed by atoms with Crippen LogP contribution in [0.3, 0.4) is 0 Å². The Morgan fingerprint density at radius 3 is 2.57 bits per heavy atom. The van der Waals surface area contributed by atoms with Crippen molar-refractivity contribution in [2.75, 3.05) is 19.7 Å². The Labute approximate surface area is 178 Å². The van der Waals surface area contributed by atoms with Crippen LogP contribution in [0.15, 0.2) is 24.3 Å². The number of ether oxygens (including phenoxy) is 1. The van der Waals surface area contributed by atoms with Crippen molar-refractivity contribution >= 4 is 11.7 Å². The van der Waals surface area contributed by atoms with Crippen LogP contribution in [-0.4, -0.2) is 41.3 Å². The van der Waals surface area contributed by atoms with Gasteiger partial charge in [-0.2, -0.15) is 0 Å². The molecule has 1 aromatic heterocycles. The molecule has 0 unspecified atom stereocenters. The summed E-state index contributed by atoms with van der Waals surface area (Å²) < 4.78 is 5.51. The molecule has 2 heterocycles. The third-order valence-electron chi connectivity index (χ3n) is 6.63. The molecule has 2 aliphatic rings. The maximum Gasteiger partial charge on any atom is 0.270 e. The van der Waals surface area contributed by atoms with Crippen LogP contribution >= 0.6 is 0 Å². The van der Waals surface area contributed by atoms with Gasteiger partial charge in [-0.25, -0.2) is 0 Å². The van der Waals surface area contributed by atoms with Crippen molar-refractivity contribution in [1.29, 1.82) is 0 Å². The lowest BCUT2D eigenvalue weighted by Gasteiger charge is -2.32. The number of benzene rings is 1. The molecule has 1 fully saturated rings. The second kappa shape index (κ2) is 9.07. The summed E-state index contributed by atoms with van der Waals surface area (Å²) >= 11 is 0. The zero-order valence-corrected chi connectivity index (χ0v) is 18.1. The monoisotopic (exact) mass is 408 g/mol. The number of aromatic nitrogens is 1. The van der Waals surface area contributed by atoms with E-state index in [-0.39, 0.29) is 11.7 Å². The molecule has 1 aliphatic carbocycles. The van der Waals surface area contributed by atoms with Crippen molar-refractivity contribution in [1.82, 2.24) is 9.88 Å². The van der Waals surface area contributed by atoms with Crippen LogP contribution in [-0.2, 0) is 12.8 Å². The average molecular weight is 409 g/mol. The number of nitrogens with zero attached hydrogens (tertiary/aromatic N) is 1. The molecule has 0 saturated carbocycles. The summed E-state index contributed by atoms with van der Waals surface area (Å²) in [5, 5.41) is 0. The highest BCUT2D eigenvalue weighted by molar-refractivity contribution is 6.04. The van der Waals surface area contributed by atoms with Gasteiger partial charge >= 0.3 is 0 Å². The van der Waals surface area contributed by atoms with Crippen LogP contribution in [0.25, 0.3) is 0 Å². The standard InChI is InChI=1S/C25H32N2O3/c1-3-30-20-11-9-18(10-12-20)7-8-19-13-15-27(16-14-19)25(29)24-17(2)23-21(26-24)5-4-6-22(23)28/h9-12,19,26H,3-8,13-16H2,1-2H3. The number of hydrogen-bond acceptors (Lipinski definition) is 3. The number of carbonyl (C=O) groups is 2. The maximum atomic E-state index is 13.1. The minimum absolute atomic E-state index is 0.0552. The molecule has 0 radical (unpaired) electrons. The zero-order chi connectivity index (χ0) is 21.1. The van der Waals surface area contributed by atoms with Gasteiger partial charge in [-0.05, 0) is 81.5 Å². The molecule has 5 nitrogen and oxygen atoms in total. The second-order valence-corrected chi connectivity index (χ2v) is 8.61. The summed E-state index contributed by atoms with van der Waals surface area (Å²) in [7, 11) is 0. The first-order valence-electron chi connectivity index (χ1n) is 11.3. The number of carbonyl (C=O) groups excluding carboxylic acids is 2.